The van der Waals surface area contributed by atoms with Crippen LogP contribution in [0.25, 0.3) is 0 Å². The minimum absolute atomic E-state index is 0.0957. The van der Waals surface area contributed by atoms with E-state index in [0.29, 0.717) is 44.2 Å². The van der Waals surface area contributed by atoms with Gasteiger partial charge in [0.1, 0.15) is 19.3 Å². The Balaban J connectivity index is 1.46. The first-order chi connectivity index (χ1) is 13.1. The molecule has 1 N–H and O–H groups in total. The third kappa shape index (κ3) is 3.47. The second kappa shape index (κ2) is 7.16. The molecule has 9 heteroatoms. The fraction of sp³-hybridized carbons (Fsp3) is 0.333. The van der Waals surface area contributed by atoms with Crippen LogP contribution in [0.15, 0.2) is 47.6 Å². The average Bonchev–Trinajstić information content (AvgIpc) is 2.65. The predicted octanol–water partition coefficient (Wildman–Crippen LogP) is 0.932. The van der Waals surface area contributed by atoms with Gasteiger partial charge in [0.15, 0.2) is 11.5 Å². The molecule has 3 heterocycles. The highest BCUT2D eigenvalue weighted by atomic mass is 32.2. The summed E-state index contributed by atoms with van der Waals surface area (Å²) in [6.45, 7) is 1.45. The lowest BCUT2D eigenvalue weighted by molar-refractivity contribution is -0.127. The van der Waals surface area contributed by atoms with Crippen molar-refractivity contribution in [2.24, 2.45) is 0 Å². The summed E-state index contributed by atoms with van der Waals surface area (Å²) in [5.41, 5.74) is 0.902. The van der Waals surface area contributed by atoms with Gasteiger partial charge in [0.05, 0.1) is 4.90 Å². The first-order valence-corrected chi connectivity index (χ1v) is 10.1. The van der Waals surface area contributed by atoms with Crippen LogP contribution in [0.1, 0.15) is 12.0 Å². The summed E-state index contributed by atoms with van der Waals surface area (Å²) in [5, 5.41) is 2.79. The van der Waals surface area contributed by atoms with E-state index in [1.54, 1.807) is 30.6 Å². The first-order valence-electron chi connectivity index (χ1n) is 8.64. The molecule has 1 fully saturated rings. The van der Waals surface area contributed by atoms with Crippen LogP contribution in [-0.2, 0) is 21.4 Å². The van der Waals surface area contributed by atoms with Crippen LogP contribution in [0.4, 0.5) is 0 Å². The van der Waals surface area contributed by atoms with E-state index in [0.717, 1.165) is 5.56 Å². The van der Waals surface area contributed by atoms with Crippen LogP contribution in [0.3, 0.4) is 0 Å². The molecule has 8 nitrogen and oxygen atoms in total. The second-order valence-electron chi connectivity index (χ2n) is 6.30. The highest BCUT2D eigenvalue weighted by molar-refractivity contribution is 7.89. The zero-order valence-corrected chi connectivity index (χ0v) is 15.3. The van der Waals surface area contributed by atoms with Gasteiger partial charge in [0.25, 0.3) is 0 Å². The van der Waals surface area contributed by atoms with Crippen molar-refractivity contribution < 1.29 is 22.7 Å². The summed E-state index contributed by atoms with van der Waals surface area (Å²) >= 11 is 0. The number of rotatable bonds is 5. The van der Waals surface area contributed by atoms with E-state index < -0.39 is 16.1 Å². The molecule has 27 heavy (non-hydrogen) atoms. The summed E-state index contributed by atoms with van der Waals surface area (Å²) in [6, 6.07) is 7.40. The van der Waals surface area contributed by atoms with E-state index in [1.165, 1.54) is 16.4 Å². The zero-order chi connectivity index (χ0) is 18.9. The molecule has 2 aromatic rings. The number of carbonyl (C=O) groups is 1. The number of benzene rings is 1. The number of hydrogen-bond donors (Lipinski definition) is 1. The highest BCUT2D eigenvalue weighted by Gasteiger charge is 2.43. The Labute approximate surface area is 157 Å². The molecule has 1 aromatic carbocycles. The van der Waals surface area contributed by atoms with E-state index in [-0.39, 0.29) is 10.8 Å². The summed E-state index contributed by atoms with van der Waals surface area (Å²) in [7, 11) is -3.79. The van der Waals surface area contributed by atoms with Crippen molar-refractivity contribution in [3.05, 3.63) is 48.3 Å². The Morgan fingerprint density at radius 1 is 1.15 bits per heavy atom. The van der Waals surface area contributed by atoms with E-state index in [1.807, 2.05) is 0 Å². The van der Waals surface area contributed by atoms with E-state index in [9.17, 15) is 13.2 Å². The lowest BCUT2D eigenvalue weighted by Crippen LogP contribution is -2.57. The molecule has 0 aliphatic carbocycles. The van der Waals surface area contributed by atoms with E-state index >= 15 is 0 Å². The van der Waals surface area contributed by atoms with Gasteiger partial charge >= 0.3 is 0 Å². The lowest BCUT2D eigenvalue weighted by Gasteiger charge is -2.38. The lowest BCUT2D eigenvalue weighted by atomic mass is 10.1. The fourth-order valence-electron chi connectivity index (χ4n) is 3.04. The number of pyridine rings is 1. The quantitative estimate of drug-likeness (QED) is 0.817. The Morgan fingerprint density at radius 3 is 2.59 bits per heavy atom. The topological polar surface area (TPSA) is 97.8 Å². The van der Waals surface area contributed by atoms with Crippen molar-refractivity contribution >= 4 is 15.9 Å². The van der Waals surface area contributed by atoms with Crippen LogP contribution < -0.4 is 14.8 Å². The number of amides is 1. The molecule has 1 amide bonds. The van der Waals surface area contributed by atoms with Crippen molar-refractivity contribution in [3.8, 4) is 11.5 Å². The van der Waals surface area contributed by atoms with Gasteiger partial charge in [-0.3, -0.25) is 9.78 Å². The molecule has 2 aliphatic heterocycles. The number of nitrogens with zero attached hydrogens (tertiary/aromatic N) is 2. The van der Waals surface area contributed by atoms with Crippen LogP contribution in [-0.4, -0.2) is 49.4 Å². The van der Waals surface area contributed by atoms with Crippen LogP contribution in [0.5, 0.6) is 11.5 Å². The molecule has 142 valence electrons. The summed E-state index contributed by atoms with van der Waals surface area (Å²) in [4.78, 5) is 16.5. The molecule has 1 atom stereocenters. The van der Waals surface area contributed by atoms with Gasteiger partial charge in [-0.05, 0) is 36.2 Å². The smallest absolute Gasteiger partial charge is 0.243 e. The molecule has 0 radical (unpaired) electrons. The maximum atomic E-state index is 12.9. The number of ether oxygens (including phenoxy) is 2. The van der Waals surface area contributed by atoms with Gasteiger partial charge in [0, 0.05) is 31.5 Å². The van der Waals surface area contributed by atoms with E-state index in [2.05, 4.69) is 10.3 Å². The molecule has 0 saturated carbocycles. The number of aromatic nitrogens is 1. The maximum absolute atomic E-state index is 12.9. The SMILES string of the molecule is O=C(NCc1ccncc1)[C@H]1CCN1S(=O)(=O)c1ccc2c(c1)OCCO2. The fourth-order valence-corrected chi connectivity index (χ4v) is 4.69. The largest absolute Gasteiger partial charge is 0.486 e. The molecule has 1 saturated heterocycles. The van der Waals surface area contributed by atoms with Crippen LogP contribution in [0.2, 0.25) is 0 Å². The molecule has 0 spiro atoms. The molecular weight excluding hydrogens is 370 g/mol. The number of sulfonamides is 1. The van der Waals surface area contributed by atoms with Crippen molar-refractivity contribution in [3.63, 3.8) is 0 Å². The highest BCUT2D eigenvalue weighted by Crippen LogP contribution is 2.35. The molecule has 2 aliphatic rings. The molecule has 0 unspecified atom stereocenters. The van der Waals surface area contributed by atoms with Gasteiger partial charge in [-0.2, -0.15) is 4.31 Å². The minimum Gasteiger partial charge on any atom is -0.486 e. The summed E-state index contributed by atoms with van der Waals surface area (Å²) < 4.78 is 38.0. The Morgan fingerprint density at radius 2 is 1.89 bits per heavy atom. The van der Waals surface area contributed by atoms with Gasteiger partial charge in [-0.15, -0.1) is 0 Å². The molecule has 4 rings (SSSR count). The zero-order valence-electron chi connectivity index (χ0n) is 14.5. The van der Waals surface area contributed by atoms with Crippen molar-refractivity contribution in [2.75, 3.05) is 19.8 Å². The van der Waals surface area contributed by atoms with Gasteiger partial charge < -0.3 is 14.8 Å². The van der Waals surface area contributed by atoms with E-state index in [4.69, 9.17) is 9.47 Å². The number of nitrogens with one attached hydrogen (secondary N) is 1. The Bertz CT molecular complexity index is 949. The van der Waals surface area contributed by atoms with Crippen molar-refractivity contribution in [1.82, 2.24) is 14.6 Å². The van der Waals surface area contributed by atoms with Crippen LogP contribution >= 0.6 is 0 Å². The van der Waals surface area contributed by atoms with Gasteiger partial charge in [-0.1, -0.05) is 0 Å². The van der Waals surface area contributed by atoms with Crippen molar-refractivity contribution in [1.29, 1.82) is 0 Å². The Kier molecular flexibility index (Phi) is 4.71. The predicted molar refractivity (Wildman–Crippen MR) is 95.8 cm³/mol. The second-order valence-corrected chi connectivity index (χ2v) is 8.19. The van der Waals surface area contributed by atoms with Gasteiger partial charge in [0.2, 0.25) is 15.9 Å². The van der Waals surface area contributed by atoms with Crippen molar-refractivity contribution in [2.45, 2.75) is 23.9 Å². The average molecular weight is 389 g/mol. The number of hydrogen-bond acceptors (Lipinski definition) is 6. The first kappa shape index (κ1) is 17.7. The van der Waals surface area contributed by atoms with Gasteiger partial charge in [-0.25, -0.2) is 8.42 Å². The molecule has 0 bridgehead atoms. The Hall–Kier alpha value is -2.65. The third-order valence-electron chi connectivity index (χ3n) is 4.61. The maximum Gasteiger partial charge on any atom is 0.243 e. The number of fused-ring (bicyclic) bond motifs is 1. The standard InChI is InChI=1S/C18H19N3O5S/c22-18(20-12-13-3-6-19-7-4-13)15-5-8-21(15)27(23,24)14-1-2-16-17(11-14)26-10-9-25-16/h1-4,6-7,11,15H,5,8-10,12H2,(H,20,22)/t15-/m1/s1. The molecular formula is C18H19N3O5S. The number of carbonyl (C=O) groups excluding carboxylic acids is 1. The normalized spacial score (nSPS) is 19.2. The summed E-state index contributed by atoms with van der Waals surface area (Å²) in [5.74, 6) is 0.621. The van der Waals surface area contributed by atoms with Crippen LogP contribution in [0, 0.1) is 0 Å². The minimum atomic E-state index is -3.79. The summed E-state index contributed by atoms with van der Waals surface area (Å²) in [6.07, 6.45) is 3.78. The molecule has 1 aromatic heterocycles. The monoisotopic (exact) mass is 389 g/mol. The third-order valence-corrected chi connectivity index (χ3v) is 6.51.